The number of carbonyl (C=O) groups is 1. The number of methoxy groups -OCH3 is 1. The number of hydrogen-bond acceptors (Lipinski definition) is 4. The van der Waals surface area contributed by atoms with Crippen LogP contribution in [0.5, 0.6) is 11.5 Å². The molecule has 142 valence electrons. The van der Waals surface area contributed by atoms with Crippen LogP contribution in [0, 0.1) is 6.92 Å². The van der Waals surface area contributed by atoms with Crippen molar-refractivity contribution >= 4 is 11.6 Å². The summed E-state index contributed by atoms with van der Waals surface area (Å²) < 4.78 is 11.5. The number of ether oxygens (including phenoxy) is 2. The molecular formula is C23H22N2O3. The summed E-state index contributed by atoms with van der Waals surface area (Å²) in [5.41, 5.74) is 4.12. The molecule has 1 unspecified atom stereocenters. The molecule has 1 spiro atoms. The summed E-state index contributed by atoms with van der Waals surface area (Å²) >= 11 is 0. The van der Waals surface area contributed by atoms with Gasteiger partial charge in [-0.05, 0) is 36.3 Å². The summed E-state index contributed by atoms with van der Waals surface area (Å²) in [6.45, 7) is 3.61. The van der Waals surface area contributed by atoms with Crippen molar-refractivity contribution in [2.75, 3.05) is 31.7 Å². The maximum atomic E-state index is 13.8. The van der Waals surface area contributed by atoms with Gasteiger partial charge in [-0.3, -0.25) is 4.79 Å². The lowest BCUT2D eigenvalue weighted by molar-refractivity contribution is -0.122. The molecule has 1 N–H and O–H groups in total. The Morgan fingerprint density at radius 2 is 2.11 bits per heavy atom. The Morgan fingerprint density at radius 3 is 2.89 bits per heavy atom. The van der Waals surface area contributed by atoms with Crippen LogP contribution < -0.4 is 19.7 Å². The second-order valence-corrected chi connectivity index (χ2v) is 7.42. The van der Waals surface area contributed by atoms with Crippen LogP contribution in [0.3, 0.4) is 0 Å². The van der Waals surface area contributed by atoms with Gasteiger partial charge >= 0.3 is 0 Å². The van der Waals surface area contributed by atoms with Crippen LogP contribution in [-0.2, 0) is 10.2 Å². The largest absolute Gasteiger partial charge is 0.496 e. The summed E-state index contributed by atoms with van der Waals surface area (Å²) in [7, 11) is 1.65. The molecule has 0 saturated heterocycles. The van der Waals surface area contributed by atoms with Crippen LogP contribution in [0.1, 0.15) is 16.7 Å². The molecule has 2 aromatic carbocycles. The normalized spacial score (nSPS) is 21.9. The number of rotatable bonds is 3. The van der Waals surface area contributed by atoms with Gasteiger partial charge in [0.1, 0.15) is 23.5 Å². The van der Waals surface area contributed by atoms with E-state index in [1.54, 1.807) is 7.11 Å². The van der Waals surface area contributed by atoms with Gasteiger partial charge in [0.2, 0.25) is 5.91 Å². The standard InChI is InChI=1S/C23H22N2O3/c1-15-11-18-21(12-20(15)27-2)28-14-23(18)17-8-3-4-9-19(17)25(22(23)26)13-16-7-5-6-10-24-16/h3-9,11-12,24H,10,13-14H2,1-2H3. The Kier molecular flexibility index (Phi) is 3.72. The summed E-state index contributed by atoms with van der Waals surface area (Å²) in [5.74, 6) is 1.56. The Hall–Kier alpha value is -3.21. The van der Waals surface area contributed by atoms with Crippen molar-refractivity contribution < 1.29 is 14.3 Å². The van der Waals surface area contributed by atoms with Gasteiger partial charge < -0.3 is 19.7 Å². The van der Waals surface area contributed by atoms with Gasteiger partial charge in [0.15, 0.2) is 0 Å². The number of anilines is 1. The van der Waals surface area contributed by atoms with Crippen LogP contribution in [0.15, 0.2) is 60.3 Å². The number of aryl methyl sites for hydroxylation is 1. The van der Waals surface area contributed by atoms with E-state index in [1.165, 1.54) is 0 Å². The molecule has 5 nitrogen and oxygen atoms in total. The molecule has 5 rings (SSSR count). The van der Waals surface area contributed by atoms with Crippen molar-refractivity contribution in [1.82, 2.24) is 5.32 Å². The zero-order valence-corrected chi connectivity index (χ0v) is 16.0. The fraction of sp³-hybridized carbons (Fsp3) is 0.261. The first kappa shape index (κ1) is 16.9. The summed E-state index contributed by atoms with van der Waals surface area (Å²) in [4.78, 5) is 15.7. The quantitative estimate of drug-likeness (QED) is 0.897. The van der Waals surface area contributed by atoms with Crippen molar-refractivity contribution in [2.24, 2.45) is 0 Å². The van der Waals surface area contributed by atoms with Crippen LogP contribution in [0.2, 0.25) is 0 Å². The maximum absolute atomic E-state index is 13.8. The number of nitrogens with one attached hydrogen (secondary N) is 1. The number of nitrogens with zero attached hydrogens (tertiary/aromatic N) is 1. The minimum absolute atomic E-state index is 0.0641. The van der Waals surface area contributed by atoms with E-state index in [4.69, 9.17) is 9.47 Å². The number of para-hydroxylation sites is 1. The number of dihydropyridines is 1. The van der Waals surface area contributed by atoms with Gasteiger partial charge in [-0.25, -0.2) is 0 Å². The van der Waals surface area contributed by atoms with Crippen molar-refractivity contribution in [3.8, 4) is 11.5 Å². The van der Waals surface area contributed by atoms with E-state index in [1.807, 2.05) is 60.4 Å². The zero-order valence-electron chi connectivity index (χ0n) is 16.0. The Bertz CT molecular complexity index is 1040. The Morgan fingerprint density at radius 1 is 1.25 bits per heavy atom. The van der Waals surface area contributed by atoms with Gasteiger partial charge in [0, 0.05) is 29.6 Å². The van der Waals surface area contributed by atoms with E-state index in [0.29, 0.717) is 13.2 Å². The molecule has 0 aliphatic carbocycles. The van der Waals surface area contributed by atoms with Crippen molar-refractivity contribution in [3.05, 3.63) is 77.0 Å². The molecule has 3 aliphatic rings. The summed E-state index contributed by atoms with van der Waals surface area (Å²) in [5, 5.41) is 3.35. The molecule has 0 saturated carbocycles. The van der Waals surface area contributed by atoms with E-state index in [2.05, 4.69) is 11.4 Å². The first-order valence-electron chi connectivity index (χ1n) is 9.48. The Labute approximate surface area is 164 Å². The molecule has 3 heterocycles. The minimum atomic E-state index is -0.798. The SMILES string of the molecule is COc1cc2c(cc1C)C1(CO2)C(=O)N(CC2=CC=CCN2)c2ccccc21. The lowest BCUT2D eigenvalue weighted by Gasteiger charge is -2.25. The van der Waals surface area contributed by atoms with Crippen LogP contribution >= 0.6 is 0 Å². The molecule has 0 radical (unpaired) electrons. The number of benzene rings is 2. The minimum Gasteiger partial charge on any atom is -0.496 e. The highest BCUT2D eigenvalue weighted by molar-refractivity contribution is 6.11. The number of carbonyl (C=O) groups excluding carboxylic acids is 1. The maximum Gasteiger partial charge on any atom is 0.246 e. The second-order valence-electron chi connectivity index (χ2n) is 7.42. The first-order chi connectivity index (χ1) is 13.6. The van der Waals surface area contributed by atoms with Crippen molar-refractivity contribution in [2.45, 2.75) is 12.3 Å². The third-order valence-electron chi connectivity index (χ3n) is 5.87. The summed E-state index contributed by atoms with van der Waals surface area (Å²) in [6, 6.07) is 12.0. The number of allylic oxidation sites excluding steroid dienone is 2. The smallest absolute Gasteiger partial charge is 0.246 e. The van der Waals surface area contributed by atoms with Gasteiger partial charge in [-0.1, -0.05) is 30.4 Å². The van der Waals surface area contributed by atoms with Crippen LogP contribution in [0.4, 0.5) is 5.69 Å². The fourth-order valence-electron chi connectivity index (χ4n) is 4.47. The van der Waals surface area contributed by atoms with E-state index in [9.17, 15) is 4.79 Å². The molecular weight excluding hydrogens is 352 g/mol. The number of hydrogen-bond donors (Lipinski definition) is 1. The highest BCUT2D eigenvalue weighted by Crippen LogP contribution is 2.53. The molecule has 0 fully saturated rings. The lowest BCUT2D eigenvalue weighted by Crippen LogP contribution is -2.44. The van der Waals surface area contributed by atoms with Crippen molar-refractivity contribution in [3.63, 3.8) is 0 Å². The predicted octanol–water partition coefficient (Wildman–Crippen LogP) is 3.07. The molecule has 28 heavy (non-hydrogen) atoms. The first-order valence-corrected chi connectivity index (χ1v) is 9.48. The molecule has 0 aromatic heterocycles. The second kappa shape index (κ2) is 6.16. The Balaban J connectivity index is 1.64. The molecule has 0 bridgehead atoms. The average molecular weight is 374 g/mol. The van der Waals surface area contributed by atoms with E-state index in [0.717, 1.165) is 46.1 Å². The molecule has 5 heteroatoms. The van der Waals surface area contributed by atoms with Crippen LogP contribution in [-0.4, -0.2) is 32.7 Å². The van der Waals surface area contributed by atoms with E-state index < -0.39 is 5.41 Å². The third-order valence-corrected chi connectivity index (χ3v) is 5.87. The fourth-order valence-corrected chi connectivity index (χ4v) is 4.47. The number of amides is 1. The molecule has 3 aliphatic heterocycles. The van der Waals surface area contributed by atoms with Gasteiger partial charge in [0.05, 0.1) is 13.7 Å². The topological polar surface area (TPSA) is 50.8 Å². The van der Waals surface area contributed by atoms with E-state index >= 15 is 0 Å². The van der Waals surface area contributed by atoms with E-state index in [-0.39, 0.29) is 5.91 Å². The number of fused-ring (bicyclic) bond motifs is 4. The third kappa shape index (κ3) is 2.22. The average Bonchev–Trinajstić information content (AvgIpc) is 3.21. The molecule has 1 amide bonds. The van der Waals surface area contributed by atoms with Crippen LogP contribution in [0.25, 0.3) is 0 Å². The van der Waals surface area contributed by atoms with Gasteiger partial charge in [0.25, 0.3) is 0 Å². The van der Waals surface area contributed by atoms with Gasteiger partial charge in [-0.15, -0.1) is 0 Å². The lowest BCUT2D eigenvalue weighted by atomic mass is 9.76. The molecule has 2 aromatic rings. The highest BCUT2D eigenvalue weighted by Gasteiger charge is 2.57. The summed E-state index contributed by atoms with van der Waals surface area (Å²) in [6.07, 6.45) is 6.11. The molecule has 1 atom stereocenters. The monoisotopic (exact) mass is 374 g/mol. The zero-order chi connectivity index (χ0) is 19.3. The van der Waals surface area contributed by atoms with Gasteiger partial charge in [-0.2, -0.15) is 0 Å². The van der Waals surface area contributed by atoms with Crippen molar-refractivity contribution in [1.29, 1.82) is 0 Å². The predicted molar refractivity (Wildman–Crippen MR) is 108 cm³/mol. The highest BCUT2D eigenvalue weighted by atomic mass is 16.5.